The molecule has 0 unspecified atom stereocenters. The molecule has 0 aliphatic heterocycles. The molecule has 2 nitrogen and oxygen atoms in total. The van der Waals surface area contributed by atoms with Gasteiger partial charge in [-0.05, 0) is 39.7 Å². The van der Waals surface area contributed by atoms with Crippen LogP contribution in [-0.2, 0) is 0 Å². The summed E-state index contributed by atoms with van der Waals surface area (Å²) in [5.41, 5.74) is 1.27. The van der Waals surface area contributed by atoms with E-state index in [4.69, 9.17) is 9.47 Å². The van der Waals surface area contributed by atoms with Crippen molar-refractivity contribution in [3.63, 3.8) is 0 Å². The second-order valence-electron chi connectivity index (χ2n) is 3.67. The lowest BCUT2D eigenvalue weighted by Gasteiger charge is -2.10. The highest BCUT2D eigenvalue weighted by atomic mass is 79.9. The third kappa shape index (κ3) is 2.34. The van der Waals surface area contributed by atoms with E-state index in [1.807, 2.05) is 12.1 Å². The van der Waals surface area contributed by atoms with Crippen molar-refractivity contribution in [3.8, 4) is 22.6 Å². The maximum Gasteiger partial charge on any atom is 0.174 e. The molecule has 18 heavy (non-hydrogen) atoms. The molecule has 4 heteroatoms. The molecule has 0 bridgehead atoms. The zero-order valence-electron chi connectivity index (χ0n) is 10.0. The average Bonchev–Trinajstić information content (AvgIpc) is 2.40. The molecule has 2 aromatic carbocycles. The quantitative estimate of drug-likeness (QED) is 0.842. The van der Waals surface area contributed by atoms with Crippen molar-refractivity contribution in [1.29, 1.82) is 0 Å². The van der Waals surface area contributed by atoms with Gasteiger partial charge in [-0.3, -0.25) is 0 Å². The summed E-state index contributed by atoms with van der Waals surface area (Å²) in [5.74, 6) is 0.573. The monoisotopic (exact) mass is 310 g/mol. The van der Waals surface area contributed by atoms with E-state index in [9.17, 15) is 4.39 Å². The van der Waals surface area contributed by atoms with E-state index in [2.05, 4.69) is 15.9 Å². The van der Waals surface area contributed by atoms with Crippen LogP contribution in [0.3, 0.4) is 0 Å². The van der Waals surface area contributed by atoms with Gasteiger partial charge in [0.2, 0.25) is 0 Å². The Bertz CT molecular complexity index is 552. The molecule has 2 aromatic rings. The van der Waals surface area contributed by atoms with Gasteiger partial charge in [-0.2, -0.15) is 0 Å². The second kappa shape index (κ2) is 5.40. The molecule has 0 aromatic heterocycles. The van der Waals surface area contributed by atoms with Gasteiger partial charge in [-0.25, -0.2) is 4.39 Å². The Morgan fingerprint density at radius 2 is 1.61 bits per heavy atom. The molecular formula is C14H12BrFO2. The highest BCUT2D eigenvalue weighted by Crippen LogP contribution is 2.35. The summed E-state index contributed by atoms with van der Waals surface area (Å²) in [7, 11) is 3.04. The first-order valence-corrected chi connectivity index (χ1v) is 6.13. The molecule has 94 valence electrons. The van der Waals surface area contributed by atoms with Crippen molar-refractivity contribution in [2.24, 2.45) is 0 Å². The SMILES string of the molecule is COc1ccc(-c2ccc(Br)c(OC)c2F)cc1. The van der Waals surface area contributed by atoms with Crippen molar-refractivity contribution in [2.75, 3.05) is 14.2 Å². The van der Waals surface area contributed by atoms with E-state index < -0.39 is 0 Å². The zero-order chi connectivity index (χ0) is 13.1. The van der Waals surface area contributed by atoms with Crippen molar-refractivity contribution in [3.05, 3.63) is 46.7 Å². The molecule has 0 aliphatic rings. The van der Waals surface area contributed by atoms with E-state index >= 15 is 0 Å². The summed E-state index contributed by atoms with van der Waals surface area (Å²) in [6.07, 6.45) is 0. The lowest BCUT2D eigenvalue weighted by Crippen LogP contribution is -1.93. The molecule has 2 rings (SSSR count). The summed E-state index contributed by atoms with van der Waals surface area (Å²) in [6.45, 7) is 0. The van der Waals surface area contributed by atoms with E-state index in [-0.39, 0.29) is 11.6 Å². The zero-order valence-corrected chi connectivity index (χ0v) is 11.6. The summed E-state index contributed by atoms with van der Waals surface area (Å²) in [4.78, 5) is 0. The van der Waals surface area contributed by atoms with Gasteiger partial charge in [0.25, 0.3) is 0 Å². The minimum atomic E-state index is -0.378. The third-order valence-electron chi connectivity index (χ3n) is 2.65. The smallest absolute Gasteiger partial charge is 0.174 e. The van der Waals surface area contributed by atoms with Gasteiger partial charge in [0, 0.05) is 5.56 Å². The fraction of sp³-hybridized carbons (Fsp3) is 0.143. The van der Waals surface area contributed by atoms with Gasteiger partial charge in [0.15, 0.2) is 11.6 Å². The largest absolute Gasteiger partial charge is 0.497 e. The van der Waals surface area contributed by atoms with Crippen molar-refractivity contribution >= 4 is 15.9 Å². The third-order valence-corrected chi connectivity index (χ3v) is 3.28. The maximum absolute atomic E-state index is 14.2. The Morgan fingerprint density at radius 1 is 0.944 bits per heavy atom. The maximum atomic E-state index is 14.2. The molecule has 0 aliphatic carbocycles. The Kier molecular flexibility index (Phi) is 3.87. The Labute approximate surface area is 113 Å². The fourth-order valence-electron chi connectivity index (χ4n) is 1.71. The van der Waals surface area contributed by atoms with Crippen LogP contribution in [0, 0.1) is 5.82 Å². The van der Waals surface area contributed by atoms with E-state index in [0.29, 0.717) is 10.0 Å². The standard InChI is InChI=1S/C14H12BrFO2/c1-17-10-5-3-9(4-6-10)11-7-8-12(15)14(18-2)13(11)16/h3-8H,1-2H3. The molecule has 0 saturated heterocycles. The van der Waals surface area contributed by atoms with Crippen LogP contribution >= 0.6 is 15.9 Å². The highest BCUT2D eigenvalue weighted by Gasteiger charge is 2.13. The minimum Gasteiger partial charge on any atom is -0.497 e. The van der Waals surface area contributed by atoms with Crippen LogP contribution in [-0.4, -0.2) is 14.2 Å². The Morgan fingerprint density at radius 3 is 2.17 bits per heavy atom. The number of hydrogen-bond acceptors (Lipinski definition) is 2. The molecule has 0 heterocycles. The molecular weight excluding hydrogens is 299 g/mol. The number of benzene rings is 2. The fourth-order valence-corrected chi connectivity index (χ4v) is 2.18. The van der Waals surface area contributed by atoms with Gasteiger partial charge >= 0.3 is 0 Å². The summed E-state index contributed by atoms with van der Waals surface area (Å²) >= 11 is 3.25. The average molecular weight is 311 g/mol. The second-order valence-corrected chi connectivity index (χ2v) is 4.53. The summed E-state index contributed by atoms with van der Waals surface area (Å²) in [5, 5.41) is 0. The van der Waals surface area contributed by atoms with Crippen LogP contribution in [0.25, 0.3) is 11.1 Å². The molecule has 0 saturated carbocycles. The summed E-state index contributed by atoms with van der Waals surface area (Å²) < 4.78 is 24.9. The van der Waals surface area contributed by atoms with Crippen molar-refractivity contribution in [1.82, 2.24) is 0 Å². The van der Waals surface area contributed by atoms with Crippen LogP contribution in [0.15, 0.2) is 40.9 Å². The number of ether oxygens (including phenoxy) is 2. The molecule has 0 radical (unpaired) electrons. The Hall–Kier alpha value is -1.55. The van der Waals surface area contributed by atoms with Crippen LogP contribution in [0.2, 0.25) is 0 Å². The van der Waals surface area contributed by atoms with Gasteiger partial charge in [0.05, 0.1) is 18.7 Å². The highest BCUT2D eigenvalue weighted by molar-refractivity contribution is 9.10. The van der Waals surface area contributed by atoms with Gasteiger partial charge in [-0.15, -0.1) is 0 Å². The first kappa shape index (κ1) is 12.9. The van der Waals surface area contributed by atoms with Crippen LogP contribution in [0.4, 0.5) is 4.39 Å². The van der Waals surface area contributed by atoms with Crippen molar-refractivity contribution < 1.29 is 13.9 Å². The van der Waals surface area contributed by atoms with Crippen LogP contribution in [0.5, 0.6) is 11.5 Å². The number of methoxy groups -OCH3 is 2. The predicted octanol–water partition coefficient (Wildman–Crippen LogP) is 4.27. The van der Waals surface area contributed by atoms with E-state index in [1.54, 1.807) is 31.4 Å². The number of rotatable bonds is 3. The normalized spacial score (nSPS) is 10.2. The van der Waals surface area contributed by atoms with Gasteiger partial charge in [-0.1, -0.05) is 18.2 Å². The Balaban J connectivity index is 2.50. The number of halogens is 2. The molecule has 0 N–H and O–H groups in total. The number of hydrogen-bond donors (Lipinski definition) is 0. The molecule has 0 atom stereocenters. The van der Waals surface area contributed by atoms with E-state index in [0.717, 1.165) is 11.3 Å². The van der Waals surface area contributed by atoms with Crippen LogP contribution < -0.4 is 9.47 Å². The van der Waals surface area contributed by atoms with Gasteiger partial charge < -0.3 is 9.47 Å². The summed E-state index contributed by atoms with van der Waals surface area (Å²) in [6, 6.07) is 10.7. The van der Waals surface area contributed by atoms with E-state index in [1.165, 1.54) is 7.11 Å². The topological polar surface area (TPSA) is 18.5 Å². The van der Waals surface area contributed by atoms with Crippen molar-refractivity contribution in [2.45, 2.75) is 0 Å². The predicted molar refractivity (Wildman–Crippen MR) is 72.6 cm³/mol. The first-order valence-electron chi connectivity index (χ1n) is 5.33. The first-order chi connectivity index (χ1) is 8.67. The lowest BCUT2D eigenvalue weighted by molar-refractivity contribution is 0.384. The minimum absolute atomic E-state index is 0.211. The molecule has 0 fully saturated rings. The van der Waals surface area contributed by atoms with Gasteiger partial charge in [0.1, 0.15) is 5.75 Å². The van der Waals surface area contributed by atoms with Crippen LogP contribution in [0.1, 0.15) is 0 Å². The molecule has 0 spiro atoms. The lowest BCUT2D eigenvalue weighted by atomic mass is 10.0. The molecule has 0 amide bonds.